The molecule has 5 rings (SSSR count). The molecule has 1 aromatic carbocycles. The van der Waals surface area contributed by atoms with E-state index in [4.69, 9.17) is 25.9 Å². The third-order valence-corrected chi connectivity index (χ3v) is 6.46. The van der Waals surface area contributed by atoms with Crippen LogP contribution in [-0.4, -0.2) is 71.8 Å². The monoisotopic (exact) mass is 494 g/mol. The summed E-state index contributed by atoms with van der Waals surface area (Å²) < 4.78 is 27.6. The molecule has 1 unspecified atom stereocenters. The van der Waals surface area contributed by atoms with E-state index in [2.05, 4.69) is 20.1 Å². The van der Waals surface area contributed by atoms with E-state index in [1.807, 2.05) is 24.9 Å². The van der Waals surface area contributed by atoms with Gasteiger partial charge in [-0.25, -0.2) is 14.4 Å². The van der Waals surface area contributed by atoms with Crippen LogP contribution in [0.25, 0.3) is 16.7 Å². The van der Waals surface area contributed by atoms with Crippen molar-refractivity contribution in [3.8, 4) is 5.82 Å². The van der Waals surface area contributed by atoms with Gasteiger partial charge < -0.3 is 40.6 Å². The molecule has 11 heteroatoms. The Kier molecular flexibility index (Phi) is 6.29. The molecule has 1 saturated heterocycles. The van der Waals surface area contributed by atoms with Crippen molar-refractivity contribution in [3.63, 3.8) is 0 Å². The molecule has 1 atom stereocenters. The Morgan fingerprint density at radius 2 is 2.00 bits per heavy atom. The van der Waals surface area contributed by atoms with Crippen molar-refractivity contribution in [2.45, 2.75) is 12.3 Å². The molecule has 0 bridgehead atoms. The summed E-state index contributed by atoms with van der Waals surface area (Å²) in [5, 5.41) is 4.32. The minimum Gasteiger partial charge on any atom is -0.398 e. The van der Waals surface area contributed by atoms with Crippen LogP contribution >= 0.6 is 0 Å². The van der Waals surface area contributed by atoms with E-state index in [1.165, 1.54) is 19.2 Å². The summed E-state index contributed by atoms with van der Waals surface area (Å²) in [6, 6.07) is 6.55. The minimum absolute atomic E-state index is 0.307. The van der Waals surface area contributed by atoms with E-state index in [1.54, 1.807) is 24.4 Å². The average Bonchev–Trinajstić information content (AvgIpc) is 3.21. The van der Waals surface area contributed by atoms with Gasteiger partial charge in [0.15, 0.2) is 5.82 Å². The minimum atomic E-state index is -1.34. The van der Waals surface area contributed by atoms with Crippen LogP contribution in [0, 0.1) is 5.82 Å². The van der Waals surface area contributed by atoms with E-state index in [0.29, 0.717) is 67.2 Å². The predicted octanol–water partition coefficient (Wildman–Crippen LogP) is 1.33. The summed E-state index contributed by atoms with van der Waals surface area (Å²) in [7, 11) is 5.53. The number of hydrogen-bond acceptors (Lipinski definition) is 9. The van der Waals surface area contributed by atoms with Gasteiger partial charge in [0.25, 0.3) is 0 Å². The van der Waals surface area contributed by atoms with Crippen LogP contribution in [-0.2, 0) is 21.7 Å². The van der Waals surface area contributed by atoms with Crippen molar-refractivity contribution >= 4 is 10.9 Å². The van der Waals surface area contributed by atoms with Crippen LogP contribution in [0.1, 0.15) is 11.4 Å². The highest BCUT2D eigenvalue weighted by Gasteiger charge is 2.43. The number of halogens is 1. The number of dihydropyridines is 1. The van der Waals surface area contributed by atoms with Gasteiger partial charge in [-0.05, 0) is 50.0 Å². The first-order chi connectivity index (χ1) is 17.3. The number of benzene rings is 1. The number of nitrogens with one attached hydrogen (secondary N) is 1. The van der Waals surface area contributed by atoms with Crippen LogP contribution in [0.4, 0.5) is 4.39 Å². The lowest BCUT2D eigenvalue weighted by Gasteiger charge is -2.41. The van der Waals surface area contributed by atoms with E-state index in [0.717, 1.165) is 10.9 Å². The van der Waals surface area contributed by atoms with Gasteiger partial charge in [-0.15, -0.1) is 0 Å². The largest absolute Gasteiger partial charge is 0.398 e. The topological polar surface area (TPSA) is 120 Å². The van der Waals surface area contributed by atoms with Gasteiger partial charge in [0, 0.05) is 44.5 Å². The lowest BCUT2D eigenvalue weighted by atomic mass is 10.0. The van der Waals surface area contributed by atoms with Crippen molar-refractivity contribution in [2.75, 3.05) is 47.5 Å². The number of methoxy groups -OCH3 is 1. The second-order valence-corrected chi connectivity index (χ2v) is 9.18. The zero-order valence-corrected chi connectivity index (χ0v) is 20.7. The predicted molar refractivity (Wildman–Crippen MR) is 134 cm³/mol. The lowest BCUT2D eigenvalue weighted by Crippen LogP contribution is -2.56. The molecule has 36 heavy (non-hydrogen) atoms. The van der Waals surface area contributed by atoms with Gasteiger partial charge in [0.05, 0.1) is 30.1 Å². The second-order valence-electron chi connectivity index (χ2n) is 9.18. The summed E-state index contributed by atoms with van der Waals surface area (Å²) in [6.45, 7) is 3.23. The molecule has 2 aromatic heterocycles. The molecule has 1 fully saturated rings. The Morgan fingerprint density at radius 1 is 1.22 bits per heavy atom. The molecule has 2 aliphatic heterocycles. The highest BCUT2D eigenvalue weighted by atomic mass is 19.1. The van der Waals surface area contributed by atoms with E-state index < -0.39 is 5.72 Å². The molecule has 4 heterocycles. The quantitative estimate of drug-likeness (QED) is 0.466. The van der Waals surface area contributed by atoms with Crippen molar-refractivity contribution in [1.82, 2.24) is 29.7 Å². The number of nitrogens with zero attached hydrogens (tertiary/aromatic N) is 5. The average molecular weight is 495 g/mol. The van der Waals surface area contributed by atoms with Gasteiger partial charge in [-0.3, -0.25) is 0 Å². The summed E-state index contributed by atoms with van der Waals surface area (Å²) >= 11 is 0. The van der Waals surface area contributed by atoms with Crippen LogP contribution in [0.3, 0.4) is 0 Å². The molecule has 3 aromatic rings. The van der Waals surface area contributed by atoms with Crippen molar-refractivity contribution < 1.29 is 13.9 Å². The van der Waals surface area contributed by atoms with E-state index in [-0.39, 0.29) is 5.82 Å². The molecular weight excluding hydrogens is 463 g/mol. The maximum atomic E-state index is 14.3. The Bertz CT molecular complexity index is 1350. The zero-order valence-electron chi connectivity index (χ0n) is 20.7. The molecule has 0 radical (unpaired) electrons. The molecule has 5 N–H and O–H groups in total. The SMILES string of the molecule is COC1(c2nccc(-n3cc(CN(C)C)c4ccc(F)cc43)n2)NC(N2CCOCC2)=C(N)C=C1N. The fraction of sp³-hybridized carbons (Fsp3) is 0.360. The van der Waals surface area contributed by atoms with Crippen LogP contribution in [0.15, 0.2) is 60.0 Å². The van der Waals surface area contributed by atoms with E-state index in [9.17, 15) is 4.39 Å². The molecule has 0 spiro atoms. The molecule has 0 amide bonds. The fourth-order valence-corrected chi connectivity index (χ4v) is 4.72. The Labute approximate surface area is 209 Å². The summed E-state index contributed by atoms with van der Waals surface area (Å²) in [4.78, 5) is 13.5. The Balaban J connectivity index is 1.59. The van der Waals surface area contributed by atoms with Crippen molar-refractivity contribution in [1.29, 1.82) is 0 Å². The standard InChI is InChI=1S/C25H31FN8O2/c1-32(2)14-16-15-34(20-12-17(26)4-5-18(16)20)22-6-7-29-24(30-22)25(35-3)21(28)13-19(27)23(31-25)33-8-10-36-11-9-33/h4-7,12-13,15,31H,8-11,14,27-28H2,1-3H3. The molecule has 0 aliphatic carbocycles. The highest BCUT2D eigenvalue weighted by molar-refractivity contribution is 5.85. The first-order valence-corrected chi connectivity index (χ1v) is 11.7. The van der Waals surface area contributed by atoms with Gasteiger partial charge in [-0.1, -0.05) is 0 Å². The van der Waals surface area contributed by atoms with Gasteiger partial charge in [0.1, 0.15) is 17.5 Å². The number of allylic oxidation sites excluding steroid dienone is 1. The normalized spacial score (nSPS) is 20.7. The highest BCUT2D eigenvalue weighted by Crippen LogP contribution is 2.33. The Hall–Kier alpha value is -3.67. The number of hydrogen-bond donors (Lipinski definition) is 3. The van der Waals surface area contributed by atoms with Crippen LogP contribution in [0.2, 0.25) is 0 Å². The maximum absolute atomic E-state index is 14.3. The third kappa shape index (κ3) is 4.15. The lowest BCUT2D eigenvalue weighted by molar-refractivity contribution is -0.0290. The Morgan fingerprint density at radius 3 is 2.72 bits per heavy atom. The molecular formula is C25H31FN8O2. The van der Waals surface area contributed by atoms with E-state index >= 15 is 0 Å². The van der Waals surface area contributed by atoms with Gasteiger partial charge in [0.2, 0.25) is 5.72 Å². The second kappa shape index (κ2) is 9.41. The van der Waals surface area contributed by atoms with Crippen LogP contribution < -0.4 is 16.8 Å². The first kappa shape index (κ1) is 24.0. The number of ether oxygens (including phenoxy) is 2. The molecule has 0 saturated carbocycles. The maximum Gasteiger partial charge on any atom is 0.242 e. The summed E-state index contributed by atoms with van der Waals surface area (Å²) in [5.74, 6) is 1.23. The fourth-order valence-electron chi connectivity index (χ4n) is 4.72. The van der Waals surface area contributed by atoms with Crippen molar-refractivity contribution in [3.05, 3.63) is 77.2 Å². The zero-order chi connectivity index (χ0) is 25.4. The smallest absolute Gasteiger partial charge is 0.242 e. The number of aromatic nitrogens is 3. The third-order valence-electron chi connectivity index (χ3n) is 6.46. The molecule has 2 aliphatic rings. The number of rotatable bonds is 6. The summed E-state index contributed by atoms with van der Waals surface area (Å²) in [5.41, 5.74) is 14.1. The van der Waals surface area contributed by atoms with Crippen LogP contribution in [0.5, 0.6) is 0 Å². The first-order valence-electron chi connectivity index (χ1n) is 11.7. The molecule has 10 nitrogen and oxygen atoms in total. The summed E-state index contributed by atoms with van der Waals surface area (Å²) in [6.07, 6.45) is 5.29. The number of fused-ring (bicyclic) bond motifs is 1. The van der Waals surface area contributed by atoms with Crippen molar-refractivity contribution in [2.24, 2.45) is 11.5 Å². The molecule has 190 valence electrons. The number of morpholine rings is 1. The van der Waals surface area contributed by atoms with Gasteiger partial charge in [-0.2, -0.15) is 0 Å². The number of nitrogens with two attached hydrogens (primary N) is 2. The van der Waals surface area contributed by atoms with Gasteiger partial charge >= 0.3 is 0 Å².